The summed E-state index contributed by atoms with van der Waals surface area (Å²) in [5, 5.41) is 20.6. The van der Waals surface area contributed by atoms with Gasteiger partial charge in [-0.05, 0) is 72.4 Å². The van der Waals surface area contributed by atoms with E-state index >= 15 is 0 Å². The molecule has 0 aliphatic carbocycles. The molecule has 16 heteroatoms. The first-order valence-electron chi connectivity index (χ1n) is 18.8. The molecular weight excluding hydrogens is 748 g/mol. The Kier molecular flexibility index (Phi) is 11.4. The number of nitro groups is 1. The summed E-state index contributed by atoms with van der Waals surface area (Å²) in [6.07, 6.45) is 1.81. The van der Waals surface area contributed by atoms with Crippen molar-refractivity contribution in [3.05, 3.63) is 150 Å². The molecule has 58 heavy (non-hydrogen) atoms. The number of imidazole rings is 2. The second kappa shape index (κ2) is 17.0. The van der Waals surface area contributed by atoms with E-state index in [-0.39, 0.29) is 36.3 Å². The van der Waals surface area contributed by atoms with E-state index in [1.54, 1.807) is 12.1 Å². The van der Waals surface area contributed by atoms with Crippen LogP contribution < -0.4 is 5.82 Å². The van der Waals surface area contributed by atoms with Gasteiger partial charge in [-0.15, -0.1) is 10.1 Å². The third-order valence-corrected chi connectivity index (χ3v) is 10.1. The average Bonchev–Trinajstić information content (AvgIpc) is 3.87. The van der Waals surface area contributed by atoms with Gasteiger partial charge in [-0.1, -0.05) is 61.5 Å². The minimum absolute atomic E-state index is 0.0291. The van der Waals surface area contributed by atoms with Crippen LogP contribution in [0.1, 0.15) is 65.0 Å². The lowest BCUT2D eigenvalue weighted by molar-refractivity contribution is -0.765. The minimum atomic E-state index is -1.34. The van der Waals surface area contributed by atoms with Crippen LogP contribution in [0.2, 0.25) is 0 Å². The van der Waals surface area contributed by atoms with Crippen LogP contribution in [-0.4, -0.2) is 47.7 Å². The molecule has 0 amide bonds. The number of aromatic nitrogens is 4. The molecule has 0 aliphatic rings. The topological polar surface area (TPSA) is 201 Å². The molecule has 0 saturated carbocycles. The number of hydrogen-bond acceptors (Lipinski definition) is 12. The summed E-state index contributed by atoms with van der Waals surface area (Å²) in [4.78, 5) is 60.6. The van der Waals surface area contributed by atoms with Crippen molar-refractivity contribution in [1.29, 1.82) is 0 Å². The predicted molar refractivity (Wildman–Crippen MR) is 212 cm³/mol. The highest BCUT2D eigenvalue weighted by Gasteiger charge is 2.24. The maximum Gasteiger partial charge on any atom is 0.519 e. The van der Waals surface area contributed by atoms with Crippen LogP contribution in [0.3, 0.4) is 0 Å². The Labute approximate surface area is 330 Å². The van der Waals surface area contributed by atoms with E-state index in [0.29, 0.717) is 12.1 Å². The molecule has 0 spiro atoms. The van der Waals surface area contributed by atoms with Crippen molar-refractivity contribution in [2.45, 2.75) is 65.1 Å². The Morgan fingerprint density at radius 2 is 1.64 bits per heavy atom. The van der Waals surface area contributed by atoms with Crippen LogP contribution in [0.5, 0.6) is 0 Å². The molecular formula is C42H40N6O10. The van der Waals surface area contributed by atoms with Gasteiger partial charge in [0.1, 0.15) is 11.6 Å². The molecule has 0 N–H and O–H groups in total. The Bertz CT molecular complexity index is 2690. The fourth-order valence-electron chi connectivity index (χ4n) is 7.19. The Hall–Kier alpha value is -7.10. The van der Waals surface area contributed by atoms with E-state index in [1.807, 2.05) is 61.6 Å². The molecule has 298 valence electrons. The Morgan fingerprint density at radius 3 is 2.38 bits per heavy atom. The lowest BCUT2D eigenvalue weighted by atomic mass is 9.98. The molecule has 7 rings (SSSR count). The molecule has 4 aromatic carbocycles. The van der Waals surface area contributed by atoms with E-state index in [9.17, 15) is 29.8 Å². The van der Waals surface area contributed by atoms with Crippen LogP contribution in [0.4, 0.5) is 0 Å². The Balaban J connectivity index is 1.07. The minimum Gasteiger partial charge on any atom is -0.454 e. The first kappa shape index (κ1) is 39.1. The molecule has 3 heterocycles. The van der Waals surface area contributed by atoms with Crippen LogP contribution in [0.25, 0.3) is 44.6 Å². The van der Waals surface area contributed by atoms with E-state index in [1.165, 1.54) is 0 Å². The van der Waals surface area contributed by atoms with E-state index < -0.39 is 41.1 Å². The zero-order chi connectivity index (χ0) is 40.9. The first-order chi connectivity index (χ1) is 28.0. The zero-order valence-electron chi connectivity index (χ0n) is 32.1. The van der Waals surface area contributed by atoms with E-state index in [0.717, 1.165) is 68.8 Å². The smallest absolute Gasteiger partial charge is 0.454 e. The fraction of sp³-hybridized carbons (Fsp3) is 0.286. The van der Waals surface area contributed by atoms with Gasteiger partial charge in [0, 0.05) is 43.3 Å². The largest absolute Gasteiger partial charge is 0.519 e. The fourth-order valence-corrected chi connectivity index (χ4v) is 7.19. The summed E-state index contributed by atoms with van der Waals surface area (Å²) < 4.78 is 20.1. The summed E-state index contributed by atoms with van der Waals surface area (Å²) in [6.45, 7) is 3.67. The highest BCUT2D eigenvalue weighted by atomic mass is 17.0. The Morgan fingerprint density at radius 1 is 0.897 bits per heavy atom. The van der Waals surface area contributed by atoms with Crippen LogP contribution in [-0.2, 0) is 42.6 Å². The molecule has 7 aromatic rings. The number of carbonyl (C=O) groups is 1. The quantitative estimate of drug-likeness (QED) is 0.0497. The lowest BCUT2D eigenvalue weighted by Gasteiger charge is -2.13. The van der Waals surface area contributed by atoms with Crippen LogP contribution in [0.15, 0.2) is 98.6 Å². The highest BCUT2D eigenvalue weighted by molar-refractivity contribution is 5.97. The van der Waals surface area contributed by atoms with Crippen molar-refractivity contribution < 1.29 is 33.2 Å². The van der Waals surface area contributed by atoms with Crippen LogP contribution >= 0.6 is 0 Å². The summed E-state index contributed by atoms with van der Waals surface area (Å²) in [6, 6.07) is 26.0. The monoisotopic (exact) mass is 788 g/mol. The number of rotatable bonds is 17. The number of fused-ring (bicyclic) bond motifs is 2. The van der Waals surface area contributed by atoms with Crippen molar-refractivity contribution in [3.63, 3.8) is 0 Å². The zero-order valence-corrected chi connectivity index (χ0v) is 32.1. The maximum atomic E-state index is 13.4. The summed E-state index contributed by atoms with van der Waals surface area (Å²) in [5.41, 5.74) is 8.84. The van der Waals surface area contributed by atoms with Crippen molar-refractivity contribution in [3.8, 4) is 22.5 Å². The molecule has 0 saturated heterocycles. The van der Waals surface area contributed by atoms with Crippen molar-refractivity contribution in [2.75, 3.05) is 6.61 Å². The lowest BCUT2D eigenvalue weighted by Crippen LogP contribution is -2.27. The molecule has 1 unspecified atom stereocenters. The van der Waals surface area contributed by atoms with Gasteiger partial charge in [0.05, 0.1) is 27.6 Å². The van der Waals surface area contributed by atoms with Crippen molar-refractivity contribution in [2.24, 2.45) is 7.05 Å². The van der Waals surface area contributed by atoms with Gasteiger partial charge in [-0.3, -0.25) is 10.1 Å². The molecule has 0 bridgehead atoms. The van der Waals surface area contributed by atoms with Gasteiger partial charge in [0.15, 0.2) is 24.7 Å². The van der Waals surface area contributed by atoms with E-state index in [4.69, 9.17) is 23.5 Å². The van der Waals surface area contributed by atoms with Crippen molar-refractivity contribution >= 4 is 28.0 Å². The maximum absolute atomic E-state index is 13.4. The molecule has 0 radical (unpaired) electrons. The highest BCUT2D eigenvalue weighted by Crippen LogP contribution is 2.31. The number of carbonyl (C=O) groups excluding carboxylic acids is 1. The SMILES string of the molecule is CCCc1nc2c(C)cc(-c3nc4ccccc4n3C)cc2n1Cc1ccc(-c2ccccc2C(=O)OCc2oc(=O)oc2CCCC(CO[N+](=O)[O-])[N+](=O)[O-])cc1. The van der Waals surface area contributed by atoms with Crippen molar-refractivity contribution in [1.82, 2.24) is 19.1 Å². The normalized spacial score (nSPS) is 11.9. The summed E-state index contributed by atoms with van der Waals surface area (Å²) in [5.74, 6) is 0.218. The number of esters is 1. The molecule has 3 aromatic heterocycles. The number of benzene rings is 4. The number of para-hydroxylation sites is 2. The molecule has 16 nitrogen and oxygen atoms in total. The molecule has 1 atom stereocenters. The van der Waals surface area contributed by atoms with Crippen LogP contribution in [0, 0.1) is 27.2 Å². The third-order valence-electron chi connectivity index (χ3n) is 10.1. The summed E-state index contributed by atoms with van der Waals surface area (Å²) in [7, 11) is 2.03. The average molecular weight is 789 g/mol. The summed E-state index contributed by atoms with van der Waals surface area (Å²) >= 11 is 0. The van der Waals surface area contributed by atoms with Gasteiger partial charge < -0.3 is 27.5 Å². The van der Waals surface area contributed by atoms with Gasteiger partial charge in [0.25, 0.3) is 5.09 Å². The number of ether oxygens (including phenoxy) is 1. The number of hydrogen-bond donors (Lipinski definition) is 0. The number of nitrogens with zero attached hydrogens (tertiary/aromatic N) is 6. The predicted octanol–water partition coefficient (Wildman–Crippen LogP) is 7.65. The van der Waals surface area contributed by atoms with Gasteiger partial charge >= 0.3 is 11.8 Å². The third kappa shape index (κ3) is 8.35. The standard InChI is InChI=1S/C42H40N6O10/c1-4-10-38-44-39-26(2)21-29(40-43-33-14-7-8-15-34(33)45(40)3)22-35(39)46(38)23-27-17-19-28(20-18-27)31-12-5-6-13-32(31)41(49)55-25-37-36(57-42(50)58-37)16-9-11-30(47(51)52)24-56-48(53)54/h5-8,12-15,17-22,30H,4,9-11,16,23-25H2,1-3H3. The number of aryl methyl sites for hydroxylation is 4. The van der Waals surface area contributed by atoms with E-state index in [2.05, 4.69) is 46.0 Å². The van der Waals surface area contributed by atoms with Gasteiger partial charge in [-0.2, -0.15) is 0 Å². The molecule has 0 aliphatic heterocycles. The first-order valence-corrected chi connectivity index (χ1v) is 18.8. The van der Waals surface area contributed by atoms with Gasteiger partial charge in [-0.25, -0.2) is 19.6 Å². The second-order valence-corrected chi connectivity index (χ2v) is 14.0. The van der Waals surface area contributed by atoms with Gasteiger partial charge in [0.2, 0.25) is 6.04 Å². The molecule has 0 fully saturated rings. The second-order valence-electron chi connectivity index (χ2n) is 14.0.